The molecule has 0 spiro atoms. The molecular weight excluding hydrogens is 338 g/mol. The summed E-state index contributed by atoms with van der Waals surface area (Å²) in [5, 5.41) is 19.0. The number of carboxylic acids is 1. The highest BCUT2D eigenvalue weighted by Gasteiger charge is 2.16. The molecule has 9 heteroatoms. The second-order valence-electron chi connectivity index (χ2n) is 6.24. The molecule has 1 saturated carbocycles. The predicted molar refractivity (Wildman–Crippen MR) is 90.6 cm³/mol. The van der Waals surface area contributed by atoms with Crippen LogP contribution < -0.4 is 10.1 Å². The van der Waals surface area contributed by atoms with Crippen molar-refractivity contribution in [1.29, 1.82) is 0 Å². The zero-order chi connectivity index (χ0) is 18.4. The number of carbonyl (C=O) groups is 2. The van der Waals surface area contributed by atoms with Gasteiger partial charge >= 0.3 is 5.97 Å². The summed E-state index contributed by atoms with van der Waals surface area (Å²) in [6, 6.07) is 3.25. The monoisotopic (exact) mass is 359 g/mol. The molecule has 1 aliphatic carbocycles. The number of pyridine rings is 1. The van der Waals surface area contributed by atoms with E-state index in [1.54, 1.807) is 18.3 Å². The Kier molecular flexibility index (Phi) is 5.77. The number of hydrogen-bond acceptors (Lipinski definition) is 6. The van der Waals surface area contributed by atoms with Crippen molar-refractivity contribution in [3.63, 3.8) is 0 Å². The third kappa shape index (κ3) is 5.01. The lowest BCUT2D eigenvalue weighted by molar-refractivity contribution is -0.137. The number of nitrogens with one attached hydrogen (secondary N) is 1. The Hall–Kier alpha value is -2.97. The first-order valence-corrected chi connectivity index (χ1v) is 8.62. The number of aromatic nitrogens is 4. The zero-order valence-corrected chi connectivity index (χ0v) is 14.3. The van der Waals surface area contributed by atoms with Gasteiger partial charge in [0.25, 0.3) is 5.91 Å². The van der Waals surface area contributed by atoms with Gasteiger partial charge in [-0.1, -0.05) is 11.6 Å². The van der Waals surface area contributed by atoms with Crippen molar-refractivity contribution in [2.45, 2.75) is 51.3 Å². The van der Waals surface area contributed by atoms with E-state index in [1.807, 2.05) is 0 Å². The molecule has 1 fully saturated rings. The molecule has 2 aromatic rings. The van der Waals surface area contributed by atoms with Crippen molar-refractivity contribution in [3.05, 3.63) is 35.8 Å². The number of aliphatic carboxylic acids is 1. The Morgan fingerprint density at radius 1 is 1.31 bits per heavy atom. The van der Waals surface area contributed by atoms with E-state index in [9.17, 15) is 9.59 Å². The summed E-state index contributed by atoms with van der Waals surface area (Å²) in [5.41, 5.74) is 0.927. The first-order valence-electron chi connectivity index (χ1n) is 8.62. The van der Waals surface area contributed by atoms with Gasteiger partial charge < -0.3 is 15.2 Å². The van der Waals surface area contributed by atoms with Gasteiger partial charge in [-0.3, -0.25) is 9.59 Å². The minimum Gasteiger partial charge on any atom is -0.480 e. The van der Waals surface area contributed by atoms with Gasteiger partial charge in [0.2, 0.25) is 5.88 Å². The van der Waals surface area contributed by atoms with E-state index in [-0.39, 0.29) is 25.1 Å². The van der Waals surface area contributed by atoms with Crippen molar-refractivity contribution in [2.24, 2.45) is 0 Å². The van der Waals surface area contributed by atoms with Crippen LogP contribution in [0.2, 0.25) is 0 Å². The smallest absolute Gasteiger partial charge is 0.325 e. The molecule has 3 rings (SSSR count). The van der Waals surface area contributed by atoms with Crippen LogP contribution >= 0.6 is 0 Å². The first kappa shape index (κ1) is 17.8. The highest BCUT2D eigenvalue weighted by Crippen LogP contribution is 2.22. The molecule has 0 aromatic carbocycles. The van der Waals surface area contributed by atoms with Gasteiger partial charge in [0.15, 0.2) is 0 Å². The Balaban J connectivity index is 1.54. The maximum Gasteiger partial charge on any atom is 0.325 e. The largest absolute Gasteiger partial charge is 0.480 e. The van der Waals surface area contributed by atoms with Crippen LogP contribution in [0.15, 0.2) is 24.5 Å². The maximum atomic E-state index is 12.3. The average Bonchev–Trinajstić information content (AvgIpc) is 3.07. The SMILES string of the molecule is O=C(O)Cn1cc(CNC(=O)c2ccnc(OC3CCCCC3)c2)nn1. The maximum absolute atomic E-state index is 12.3. The fourth-order valence-corrected chi connectivity index (χ4v) is 2.88. The van der Waals surface area contributed by atoms with E-state index in [1.165, 1.54) is 17.3 Å². The lowest BCUT2D eigenvalue weighted by Gasteiger charge is -2.22. The predicted octanol–water partition coefficient (Wildman–Crippen LogP) is 1.40. The summed E-state index contributed by atoms with van der Waals surface area (Å²) in [5.74, 6) is -0.835. The average molecular weight is 359 g/mol. The molecule has 138 valence electrons. The lowest BCUT2D eigenvalue weighted by atomic mass is 9.98. The molecule has 0 radical (unpaired) electrons. The fourth-order valence-electron chi connectivity index (χ4n) is 2.88. The summed E-state index contributed by atoms with van der Waals surface area (Å²) in [7, 11) is 0. The minimum absolute atomic E-state index is 0.152. The molecule has 2 N–H and O–H groups in total. The van der Waals surface area contributed by atoms with Crippen LogP contribution in [-0.4, -0.2) is 43.1 Å². The van der Waals surface area contributed by atoms with E-state index in [4.69, 9.17) is 9.84 Å². The van der Waals surface area contributed by atoms with Gasteiger partial charge in [-0.25, -0.2) is 9.67 Å². The minimum atomic E-state index is -1.01. The Morgan fingerprint density at radius 3 is 2.88 bits per heavy atom. The number of ether oxygens (including phenoxy) is 1. The van der Waals surface area contributed by atoms with Crippen LogP contribution in [0, 0.1) is 0 Å². The summed E-state index contributed by atoms with van der Waals surface area (Å²) >= 11 is 0. The van der Waals surface area contributed by atoms with Crippen LogP contribution in [0.25, 0.3) is 0 Å². The third-order valence-electron chi connectivity index (χ3n) is 4.15. The summed E-state index contributed by atoms with van der Waals surface area (Å²) in [6.45, 7) is -0.118. The highest BCUT2D eigenvalue weighted by atomic mass is 16.5. The van der Waals surface area contributed by atoms with E-state index in [0.29, 0.717) is 17.1 Å². The Bertz CT molecular complexity index is 770. The molecule has 1 amide bonds. The standard InChI is InChI=1S/C17H21N5O4/c23-16(24)11-22-10-13(20-21-22)9-19-17(25)12-6-7-18-15(8-12)26-14-4-2-1-3-5-14/h6-8,10,14H,1-5,9,11H2,(H,19,25)(H,23,24). The van der Waals surface area contributed by atoms with E-state index in [2.05, 4.69) is 20.6 Å². The molecule has 0 aliphatic heterocycles. The topological polar surface area (TPSA) is 119 Å². The van der Waals surface area contributed by atoms with E-state index in [0.717, 1.165) is 25.7 Å². The number of hydrogen-bond donors (Lipinski definition) is 2. The Labute approximate surface area is 150 Å². The van der Waals surface area contributed by atoms with Crippen LogP contribution in [0.1, 0.15) is 48.2 Å². The third-order valence-corrected chi connectivity index (χ3v) is 4.15. The van der Waals surface area contributed by atoms with Crippen molar-refractivity contribution in [1.82, 2.24) is 25.3 Å². The van der Waals surface area contributed by atoms with Crippen molar-refractivity contribution >= 4 is 11.9 Å². The number of amides is 1. The molecular formula is C17H21N5O4. The summed E-state index contributed by atoms with van der Waals surface area (Å²) in [6.07, 6.45) is 8.80. The number of carboxylic acid groups (broad SMARTS) is 1. The van der Waals surface area contributed by atoms with Gasteiger partial charge in [0.1, 0.15) is 18.3 Å². The van der Waals surface area contributed by atoms with Crippen molar-refractivity contribution in [2.75, 3.05) is 0 Å². The molecule has 1 aliphatic rings. The second-order valence-corrected chi connectivity index (χ2v) is 6.24. The van der Waals surface area contributed by atoms with Crippen LogP contribution in [0.4, 0.5) is 0 Å². The van der Waals surface area contributed by atoms with Gasteiger partial charge in [0.05, 0.1) is 12.7 Å². The summed E-state index contributed by atoms with van der Waals surface area (Å²) < 4.78 is 7.08. The van der Waals surface area contributed by atoms with Crippen LogP contribution in [-0.2, 0) is 17.9 Å². The van der Waals surface area contributed by atoms with Crippen molar-refractivity contribution in [3.8, 4) is 5.88 Å². The van der Waals surface area contributed by atoms with Gasteiger partial charge in [-0.05, 0) is 31.7 Å². The molecule has 26 heavy (non-hydrogen) atoms. The van der Waals surface area contributed by atoms with Crippen molar-refractivity contribution < 1.29 is 19.4 Å². The molecule has 0 atom stereocenters. The van der Waals surface area contributed by atoms with Crippen LogP contribution in [0.3, 0.4) is 0 Å². The summed E-state index contributed by atoms with van der Waals surface area (Å²) in [4.78, 5) is 27.1. The quantitative estimate of drug-likeness (QED) is 0.767. The molecule has 0 saturated heterocycles. The molecule has 0 bridgehead atoms. The number of carbonyl (C=O) groups excluding carboxylic acids is 1. The molecule has 0 unspecified atom stereocenters. The zero-order valence-electron chi connectivity index (χ0n) is 14.3. The first-order chi connectivity index (χ1) is 12.6. The number of rotatable bonds is 7. The van der Waals surface area contributed by atoms with E-state index >= 15 is 0 Å². The van der Waals surface area contributed by atoms with Crippen LogP contribution in [0.5, 0.6) is 5.88 Å². The molecule has 2 heterocycles. The second kappa shape index (κ2) is 8.41. The normalized spacial score (nSPS) is 14.8. The van der Waals surface area contributed by atoms with Gasteiger partial charge in [0, 0.05) is 17.8 Å². The lowest BCUT2D eigenvalue weighted by Crippen LogP contribution is -2.24. The van der Waals surface area contributed by atoms with Gasteiger partial charge in [-0.15, -0.1) is 5.10 Å². The highest BCUT2D eigenvalue weighted by molar-refractivity contribution is 5.94. The number of nitrogens with zero attached hydrogens (tertiary/aromatic N) is 4. The van der Waals surface area contributed by atoms with Gasteiger partial charge in [-0.2, -0.15) is 0 Å². The van der Waals surface area contributed by atoms with E-state index < -0.39 is 5.97 Å². The molecule has 2 aromatic heterocycles. The fraction of sp³-hybridized carbons (Fsp3) is 0.471. The Morgan fingerprint density at radius 2 is 2.12 bits per heavy atom. The molecule has 9 nitrogen and oxygen atoms in total.